The van der Waals surface area contributed by atoms with Crippen LogP contribution < -0.4 is 4.90 Å². The van der Waals surface area contributed by atoms with Crippen molar-refractivity contribution >= 4 is 23.4 Å². The fraction of sp³-hybridized carbons (Fsp3) is 0.618. The maximum absolute atomic E-state index is 14.8. The highest BCUT2D eigenvalue weighted by Gasteiger charge is 2.76. The van der Waals surface area contributed by atoms with Gasteiger partial charge in [-0.2, -0.15) is 0 Å². The Morgan fingerprint density at radius 3 is 2.19 bits per heavy atom. The Labute approximate surface area is 250 Å². The van der Waals surface area contributed by atoms with Gasteiger partial charge in [0, 0.05) is 24.3 Å². The fourth-order valence-corrected chi connectivity index (χ4v) is 8.28. The number of carbonyl (C=O) groups excluding carboxylic acids is 3. The van der Waals surface area contributed by atoms with Gasteiger partial charge in [0.2, 0.25) is 17.7 Å². The fourth-order valence-electron chi connectivity index (χ4n) is 8.28. The molecule has 4 heterocycles. The second-order valence-electron chi connectivity index (χ2n) is 14.2. The molecule has 8 heteroatoms. The third kappa shape index (κ3) is 4.62. The lowest BCUT2D eigenvalue weighted by atomic mass is 9.72. The van der Waals surface area contributed by atoms with Crippen LogP contribution in [0.3, 0.4) is 0 Å². The van der Waals surface area contributed by atoms with Crippen molar-refractivity contribution in [2.24, 2.45) is 17.3 Å². The second-order valence-corrected chi connectivity index (χ2v) is 14.2. The van der Waals surface area contributed by atoms with Gasteiger partial charge in [0.1, 0.15) is 11.6 Å². The number of rotatable bonds is 7. The van der Waals surface area contributed by atoms with E-state index < -0.39 is 40.7 Å². The minimum absolute atomic E-state index is 0.0380. The molecule has 0 bridgehead atoms. The molecule has 0 radical (unpaired) electrons. The molecule has 1 aromatic carbocycles. The molecule has 3 amide bonds. The average molecular weight is 578 g/mol. The van der Waals surface area contributed by atoms with Crippen LogP contribution in [0.15, 0.2) is 54.6 Å². The summed E-state index contributed by atoms with van der Waals surface area (Å²) >= 11 is 0. The predicted molar refractivity (Wildman–Crippen MR) is 163 cm³/mol. The van der Waals surface area contributed by atoms with E-state index in [0.29, 0.717) is 25.9 Å². The summed E-state index contributed by atoms with van der Waals surface area (Å²) in [6, 6.07) is 7.91. The first-order valence-electron chi connectivity index (χ1n) is 15.4. The van der Waals surface area contributed by atoms with Crippen molar-refractivity contribution in [1.29, 1.82) is 0 Å². The van der Waals surface area contributed by atoms with E-state index in [-0.39, 0.29) is 29.7 Å². The van der Waals surface area contributed by atoms with Crippen molar-refractivity contribution in [1.82, 2.24) is 9.80 Å². The number of likely N-dealkylation sites (tertiary alicyclic amines) is 1. The molecule has 4 aliphatic rings. The van der Waals surface area contributed by atoms with Crippen molar-refractivity contribution < 1.29 is 24.2 Å². The number of benzene rings is 1. The lowest BCUT2D eigenvalue weighted by molar-refractivity contribution is -0.159. The molecule has 2 fully saturated rings. The monoisotopic (exact) mass is 577 g/mol. The Bertz CT molecular complexity index is 1280. The van der Waals surface area contributed by atoms with Crippen LogP contribution in [0.5, 0.6) is 0 Å². The summed E-state index contributed by atoms with van der Waals surface area (Å²) in [5.74, 6) is -2.42. The normalized spacial score (nSPS) is 32.0. The molecule has 1 spiro atoms. The maximum atomic E-state index is 14.8. The van der Waals surface area contributed by atoms with Gasteiger partial charge in [-0.1, -0.05) is 77.1 Å². The van der Waals surface area contributed by atoms with Crippen LogP contribution in [-0.4, -0.2) is 81.1 Å². The largest absolute Gasteiger partial charge is 0.394 e. The van der Waals surface area contributed by atoms with E-state index in [9.17, 15) is 19.5 Å². The first-order chi connectivity index (χ1) is 19.8. The molecule has 8 nitrogen and oxygen atoms in total. The summed E-state index contributed by atoms with van der Waals surface area (Å²) in [4.78, 5) is 49.3. The molecule has 1 N–H and O–H groups in total. The van der Waals surface area contributed by atoms with Gasteiger partial charge in [0.15, 0.2) is 0 Å². The molecule has 6 atom stereocenters. The van der Waals surface area contributed by atoms with Crippen LogP contribution in [0, 0.1) is 17.3 Å². The highest BCUT2D eigenvalue weighted by molar-refractivity contribution is 6.04. The van der Waals surface area contributed by atoms with Gasteiger partial charge in [-0.25, -0.2) is 0 Å². The molecular formula is C34H47N3O5. The number of aliphatic hydroxyl groups is 1. The third-order valence-electron chi connectivity index (χ3n) is 9.71. The molecule has 2 saturated heterocycles. The Morgan fingerprint density at radius 1 is 0.929 bits per heavy atom. The van der Waals surface area contributed by atoms with Crippen molar-refractivity contribution in [2.45, 2.75) is 96.6 Å². The quantitative estimate of drug-likeness (QED) is 0.487. The van der Waals surface area contributed by atoms with Gasteiger partial charge in [0.05, 0.1) is 30.1 Å². The molecule has 228 valence electrons. The van der Waals surface area contributed by atoms with Gasteiger partial charge in [-0.05, 0) is 50.7 Å². The van der Waals surface area contributed by atoms with Gasteiger partial charge < -0.3 is 24.5 Å². The Hall–Kier alpha value is -2.97. The standard InChI is InChI=1S/C34H47N3O5/c1-8-23(21-38)37-27-30(41)36(32(6,7)22-31(3,4)5)20-14-18-34(27)26(29(37)40)25-28(39)35(24-15-11-10-12-16-24)19-13-17-33(25,9-2)42-34/h10-18,23,25-27,38H,8-9,19-22H2,1-7H3/t23-,25-,26-,27?,33+,34-/m0/s1. The summed E-state index contributed by atoms with van der Waals surface area (Å²) in [6.45, 7) is 14.9. The molecule has 4 aliphatic heterocycles. The number of anilines is 1. The Kier molecular flexibility index (Phi) is 7.72. The molecule has 0 aliphatic carbocycles. The van der Waals surface area contributed by atoms with E-state index in [1.54, 1.807) is 9.80 Å². The minimum atomic E-state index is -1.34. The minimum Gasteiger partial charge on any atom is -0.394 e. The lowest BCUT2D eigenvalue weighted by Crippen LogP contribution is -2.62. The predicted octanol–water partition coefficient (Wildman–Crippen LogP) is 4.33. The zero-order valence-corrected chi connectivity index (χ0v) is 26.2. The zero-order valence-electron chi connectivity index (χ0n) is 26.2. The van der Waals surface area contributed by atoms with Crippen molar-refractivity contribution in [3.8, 4) is 0 Å². The topological polar surface area (TPSA) is 90.4 Å². The number of amides is 3. The molecule has 0 aromatic heterocycles. The van der Waals surface area contributed by atoms with Crippen LogP contribution in [0.2, 0.25) is 0 Å². The molecule has 1 unspecified atom stereocenters. The number of aliphatic hydroxyl groups excluding tert-OH is 1. The van der Waals surface area contributed by atoms with E-state index in [4.69, 9.17) is 4.74 Å². The van der Waals surface area contributed by atoms with Gasteiger partial charge in [-0.3, -0.25) is 14.4 Å². The number of fused-ring (bicyclic) bond motifs is 2. The first-order valence-corrected chi connectivity index (χ1v) is 15.4. The van der Waals surface area contributed by atoms with E-state index in [1.807, 2.05) is 73.4 Å². The van der Waals surface area contributed by atoms with Crippen LogP contribution in [0.4, 0.5) is 5.69 Å². The van der Waals surface area contributed by atoms with Gasteiger partial charge in [0.25, 0.3) is 0 Å². The van der Waals surface area contributed by atoms with E-state index in [1.165, 1.54) is 0 Å². The highest BCUT2D eigenvalue weighted by atomic mass is 16.5. The average Bonchev–Trinajstić information content (AvgIpc) is 3.21. The van der Waals surface area contributed by atoms with Crippen molar-refractivity contribution in [3.63, 3.8) is 0 Å². The maximum Gasteiger partial charge on any atom is 0.249 e. The van der Waals surface area contributed by atoms with Crippen molar-refractivity contribution in [3.05, 3.63) is 54.6 Å². The Morgan fingerprint density at radius 2 is 1.60 bits per heavy atom. The zero-order chi connectivity index (χ0) is 30.7. The highest BCUT2D eigenvalue weighted by Crippen LogP contribution is 2.59. The number of carbonyl (C=O) groups is 3. The number of para-hydroxylation sites is 1. The van der Waals surface area contributed by atoms with E-state index >= 15 is 0 Å². The summed E-state index contributed by atoms with van der Waals surface area (Å²) in [5, 5.41) is 10.4. The van der Waals surface area contributed by atoms with Crippen LogP contribution in [0.1, 0.15) is 67.7 Å². The van der Waals surface area contributed by atoms with Crippen LogP contribution in [0.25, 0.3) is 0 Å². The Balaban J connectivity index is 1.67. The first kappa shape index (κ1) is 30.5. The number of ether oxygens (including phenoxy) is 1. The SMILES string of the molecule is CC[C@@H](CO)N1C(=O)[C@@H]2[C@H]3C(=O)N(c4ccccc4)CC=C[C@@]3(CC)O[C@@]23C=CCN(C(C)(C)CC(C)(C)C)C(=O)C13. The summed E-state index contributed by atoms with van der Waals surface area (Å²) in [5.41, 5.74) is -2.19. The van der Waals surface area contributed by atoms with Crippen LogP contribution in [-0.2, 0) is 19.1 Å². The van der Waals surface area contributed by atoms with E-state index in [2.05, 4.69) is 34.6 Å². The summed E-state index contributed by atoms with van der Waals surface area (Å²) < 4.78 is 7.09. The third-order valence-corrected chi connectivity index (χ3v) is 9.71. The molecule has 1 aromatic rings. The van der Waals surface area contributed by atoms with Crippen LogP contribution >= 0.6 is 0 Å². The smallest absolute Gasteiger partial charge is 0.249 e. The molecule has 5 rings (SSSR count). The lowest BCUT2D eigenvalue weighted by Gasteiger charge is -2.45. The molecule has 0 saturated carbocycles. The second kappa shape index (κ2) is 10.6. The number of hydrogen-bond acceptors (Lipinski definition) is 5. The van der Waals surface area contributed by atoms with Crippen molar-refractivity contribution in [2.75, 3.05) is 24.6 Å². The summed E-state index contributed by atoms with van der Waals surface area (Å²) in [6.07, 6.45) is 9.44. The summed E-state index contributed by atoms with van der Waals surface area (Å²) in [7, 11) is 0. The molecular weight excluding hydrogens is 530 g/mol. The molecule has 42 heavy (non-hydrogen) atoms. The van der Waals surface area contributed by atoms with Gasteiger partial charge >= 0.3 is 0 Å². The number of hydrogen-bond donors (Lipinski definition) is 1. The number of nitrogens with zero attached hydrogens (tertiary/aromatic N) is 3. The van der Waals surface area contributed by atoms with Gasteiger partial charge in [-0.15, -0.1) is 0 Å². The van der Waals surface area contributed by atoms with E-state index in [0.717, 1.165) is 12.1 Å².